The SMILES string of the molecule is CC(C)C[C@@H](NC(=O)OCC1c2ccccc2-c2ccccc21)C(=O)N(CC(=O)O)C(C)C. The van der Waals surface area contributed by atoms with E-state index in [4.69, 9.17) is 4.74 Å². The van der Waals surface area contributed by atoms with Crippen molar-refractivity contribution in [3.63, 3.8) is 0 Å². The maximum Gasteiger partial charge on any atom is 0.407 e. The van der Waals surface area contributed by atoms with Crippen molar-refractivity contribution in [2.24, 2.45) is 5.92 Å². The number of nitrogens with one attached hydrogen (secondary N) is 1. The van der Waals surface area contributed by atoms with Crippen LogP contribution < -0.4 is 5.32 Å². The molecule has 2 amide bonds. The highest BCUT2D eigenvalue weighted by Gasteiger charge is 2.32. The molecule has 176 valence electrons. The quantitative estimate of drug-likeness (QED) is 0.593. The van der Waals surface area contributed by atoms with E-state index in [1.807, 2.05) is 50.2 Å². The summed E-state index contributed by atoms with van der Waals surface area (Å²) in [7, 11) is 0. The Labute approximate surface area is 194 Å². The maximum atomic E-state index is 13.1. The van der Waals surface area contributed by atoms with Crippen molar-refractivity contribution in [3.05, 3.63) is 59.7 Å². The Balaban J connectivity index is 1.71. The molecule has 3 rings (SSSR count). The van der Waals surface area contributed by atoms with Gasteiger partial charge in [0.25, 0.3) is 0 Å². The summed E-state index contributed by atoms with van der Waals surface area (Å²) in [5.41, 5.74) is 4.48. The van der Waals surface area contributed by atoms with E-state index in [2.05, 4.69) is 17.4 Å². The molecular formula is C26H32N2O5. The fourth-order valence-electron chi connectivity index (χ4n) is 4.34. The second-order valence-electron chi connectivity index (χ2n) is 9.11. The fourth-order valence-corrected chi connectivity index (χ4v) is 4.34. The van der Waals surface area contributed by atoms with Crippen LogP contribution in [0.1, 0.15) is 51.2 Å². The van der Waals surface area contributed by atoms with Crippen LogP contribution >= 0.6 is 0 Å². The Kier molecular flexibility index (Phi) is 7.74. The first-order valence-electron chi connectivity index (χ1n) is 11.3. The third kappa shape index (κ3) is 5.72. The van der Waals surface area contributed by atoms with Crippen LogP contribution in [0, 0.1) is 5.92 Å². The van der Waals surface area contributed by atoms with Crippen molar-refractivity contribution in [3.8, 4) is 11.1 Å². The van der Waals surface area contributed by atoms with Gasteiger partial charge in [0.05, 0.1) is 0 Å². The highest BCUT2D eigenvalue weighted by molar-refractivity contribution is 5.88. The maximum absolute atomic E-state index is 13.1. The van der Waals surface area contributed by atoms with E-state index in [1.165, 1.54) is 4.90 Å². The molecule has 1 atom stereocenters. The van der Waals surface area contributed by atoms with Gasteiger partial charge < -0.3 is 20.1 Å². The minimum Gasteiger partial charge on any atom is -0.480 e. The lowest BCUT2D eigenvalue weighted by molar-refractivity contribution is -0.146. The molecule has 0 heterocycles. The van der Waals surface area contributed by atoms with Crippen LogP contribution in [-0.2, 0) is 14.3 Å². The third-order valence-corrected chi connectivity index (χ3v) is 5.85. The number of ether oxygens (including phenoxy) is 1. The van der Waals surface area contributed by atoms with Crippen LogP contribution in [0.5, 0.6) is 0 Å². The van der Waals surface area contributed by atoms with Crippen LogP contribution in [0.4, 0.5) is 4.79 Å². The number of aliphatic carboxylic acids is 1. The third-order valence-electron chi connectivity index (χ3n) is 5.85. The number of carboxylic acids is 1. The summed E-state index contributed by atoms with van der Waals surface area (Å²) in [4.78, 5) is 38.3. The topological polar surface area (TPSA) is 95.9 Å². The molecular weight excluding hydrogens is 420 g/mol. The van der Waals surface area contributed by atoms with Gasteiger partial charge in [0.1, 0.15) is 19.2 Å². The Bertz CT molecular complexity index is 972. The molecule has 0 unspecified atom stereocenters. The summed E-state index contributed by atoms with van der Waals surface area (Å²) in [5.74, 6) is -1.48. The summed E-state index contributed by atoms with van der Waals surface area (Å²) in [6.45, 7) is 7.11. The molecule has 0 bridgehead atoms. The number of alkyl carbamates (subject to hydrolysis) is 1. The number of rotatable bonds is 9. The van der Waals surface area contributed by atoms with Crippen molar-refractivity contribution in [2.45, 2.75) is 52.1 Å². The van der Waals surface area contributed by atoms with Crippen LogP contribution in [-0.4, -0.2) is 53.2 Å². The summed E-state index contributed by atoms with van der Waals surface area (Å²) in [6, 6.07) is 15.0. The Morgan fingerprint density at radius 2 is 1.52 bits per heavy atom. The zero-order chi connectivity index (χ0) is 24.1. The zero-order valence-corrected chi connectivity index (χ0v) is 19.6. The molecule has 0 saturated carbocycles. The second-order valence-corrected chi connectivity index (χ2v) is 9.11. The molecule has 0 spiro atoms. The van der Waals surface area contributed by atoms with Gasteiger partial charge in [-0.1, -0.05) is 62.4 Å². The van der Waals surface area contributed by atoms with Crippen LogP contribution in [0.15, 0.2) is 48.5 Å². The molecule has 0 radical (unpaired) electrons. The molecule has 0 aliphatic heterocycles. The lowest BCUT2D eigenvalue weighted by Crippen LogP contribution is -2.52. The van der Waals surface area contributed by atoms with Gasteiger partial charge in [-0.15, -0.1) is 0 Å². The molecule has 2 aromatic carbocycles. The van der Waals surface area contributed by atoms with Gasteiger partial charge in [-0.25, -0.2) is 4.79 Å². The van der Waals surface area contributed by atoms with Gasteiger partial charge in [-0.3, -0.25) is 9.59 Å². The minimum absolute atomic E-state index is 0.0819. The van der Waals surface area contributed by atoms with E-state index < -0.39 is 30.6 Å². The molecule has 7 heteroatoms. The van der Waals surface area contributed by atoms with Gasteiger partial charge in [-0.2, -0.15) is 0 Å². The predicted molar refractivity (Wildman–Crippen MR) is 126 cm³/mol. The second kappa shape index (κ2) is 10.5. The van der Waals surface area contributed by atoms with Crippen molar-refractivity contribution < 1.29 is 24.2 Å². The van der Waals surface area contributed by atoms with Crippen molar-refractivity contribution in [1.82, 2.24) is 10.2 Å². The van der Waals surface area contributed by atoms with Gasteiger partial charge >= 0.3 is 12.1 Å². The smallest absolute Gasteiger partial charge is 0.407 e. The predicted octanol–water partition coefficient (Wildman–Crippen LogP) is 4.26. The van der Waals surface area contributed by atoms with Crippen LogP contribution in [0.2, 0.25) is 0 Å². The molecule has 2 aromatic rings. The summed E-state index contributed by atoms with van der Waals surface area (Å²) in [6.07, 6.45) is -0.304. The number of amides is 2. The highest BCUT2D eigenvalue weighted by Crippen LogP contribution is 2.44. The van der Waals surface area contributed by atoms with E-state index in [1.54, 1.807) is 13.8 Å². The monoisotopic (exact) mass is 452 g/mol. The largest absolute Gasteiger partial charge is 0.480 e. The summed E-state index contributed by atoms with van der Waals surface area (Å²) in [5, 5.41) is 11.9. The highest BCUT2D eigenvalue weighted by atomic mass is 16.5. The van der Waals surface area contributed by atoms with Crippen molar-refractivity contribution >= 4 is 18.0 Å². The molecule has 1 aliphatic rings. The lowest BCUT2D eigenvalue weighted by Gasteiger charge is -2.30. The van der Waals surface area contributed by atoms with E-state index in [-0.39, 0.29) is 24.5 Å². The van der Waals surface area contributed by atoms with E-state index in [0.717, 1.165) is 22.3 Å². The van der Waals surface area contributed by atoms with Crippen LogP contribution in [0.3, 0.4) is 0 Å². The molecule has 0 saturated heterocycles. The first-order valence-corrected chi connectivity index (χ1v) is 11.3. The average molecular weight is 453 g/mol. The van der Waals surface area contributed by atoms with Crippen molar-refractivity contribution in [1.29, 1.82) is 0 Å². The fraction of sp³-hybridized carbons (Fsp3) is 0.423. The number of benzene rings is 2. The van der Waals surface area contributed by atoms with Gasteiger partial charge in [-0.05, 0) is 48.4 Å². The lowest BCUT2D eigenvalue weighted by atomic mass is 9.98. The van der Waals surface area contributed by atoms with Gasteiger partial charge in [0.15, 0.2) is 0 Å². The normalized spacial score (nSPS) is 13.4. The first-order chi connectivity index (χ1) is 15.7. The molecule has 0 fully saturated rings. The number of fused-ring (bicyclic) bond motifs is 3. The van der Waals surface area contributed by atoms with Crippen molar-refractivity contribution in [2.75, 3.05) is 13.2 Å². The molecule has 0 aromatic heterocycles. The Morgan fingerprint density at radius 1 is 0.970 bits per heavy atom. The van der Waals surface area contributed by atoms with E-state index >= 15 is 0 Å². The zero-order valence-electron chi connectivity index (χ0n) is 19.6. The number of carbonyl (C=O) groups excluding carboxylic acids is 2. The molecule has 2 N–H and O–H groups in total. The summed E-state index contributed by atoms with van der Waals surface area (Å²) < 4.78 is 5.59. The number of nitrogens with zero attached hydrogens (tertiary/aromatic N) is 1. The number of hydrogen-bond acceptors (Lipinski definition) is 4. The Morgan fingerprint density at radius 3 is 2.00 bits per heavy atom. The van der Waals surface area contributed by atoms with Gasteiger partial charge in [0, 0.05) is 12.0 Å². The molecule has 1 aliphatic carbocycles. The van der Waals surface area contributed by atoms with Gasteiger partial charge in [0.2, 0.25) is 5.91 Å². The molecule has 7 nitrogen and oxygen atoms in total. The molecule has 33 heavy (non-hydrogen) atoms. The average Bonchev–Trinajstić information content (AvgIpc) is 3.08. The number of carbonyl (C=O) groups is 3. The number of hydrogen-bond donors (Lipinski definition) is 2. The van der Waals surface area contributed by atoms with E-state index in [0.29, 0.717) is 6.42 Å². The van der Waals surface area contributed by atoms with Crippen LogP contribution in [0.25, 0.3) is 11.1 Å². The Hall–Kier alpha value is -3.35. The van der Waals surface area contributed by atoms with E-state index in [9.17, 15) is 19.5 Å². The summed E-state index contributed by atoms with van der Waals surface area (Å²) >= 11 is 0. The first kappa shape index (κ1) is 24.3. The number of carboxylic acid groups (broad SMARTS) is 1. The standard InChI is InChI=1S/C26H32N2O5/c1-16(2)13-23(25(31)28(17(3)4)14-24(29)30)27-26(32)33-15-22-20-11-7-5-9-18(20)19-10-6-8-12-21(19)22/h5-12,16-17,22-23H,13-15H2,1-4H3,(H,27,32)(H,29,30)/t23-/m1/s1. The minimum atomic E-state index is -1.10.